The van der Waals surface area contributed by atoms with Gasteiger partial charge in [-0.2, -0.15) is 13.2 Å². The molecular weight excluding hydrogens is 423 g/mol. The third-order valence-corrected chi connectivity index (χ3v) is 2.90. The number of aromatic nitrogens is 1. The molecule has 0 bridgehead atoms. The maximum Gasteiger partial charge on any atom is 0.573 e. The maximum absolute atomic E-state index is 13.0. The molecule has 0 N–H and O–H groups in total. The molecule has 1 heterocycles. The Balaban J connectivity index is 3.46. The van der Waals surface area contributed by atoms with E-state index in [1.165, 1.54) is 22.6 Å². The highest BCUT2D eigenvalue weighted by molar-refractivity contribution is 14.1. The van der Waals surface area contributed by atoms with Gasteiger partial charge in [0.05, 0.1) is 13.5 Å². The predicted octanol–water partition coefficient (Wildman–Crippen LogP) is 3.32. The van der Waals surface area contributed by atoms with Crippen molar-refractivity contribution in [2.45, 2.75) is 19.0 Å². The molecule has 1 aromatic heterocycles. The van der Waals surface area contributed by atoms with Crippen molar-refractivity contribution < 1.29 is 40.6 Å². The molecule has 0 saturated carbocycles. The minimum Gasteiger partial charge on any atom is -0.469 e. The van der Waals surface area contributed by atoms with Crippen molar-refractivity contribution in [1.29, 1.82) is 0 Å². The van der Waals surface area contributed by atoms with Crippen LogP contribution in [0.2, 0.25) is 0 Å². The Morgan fingerprint density at radius 2 is 1.86 bits per heavy atom. The lowest BCUT2D eigenvalue weighted by atomic mass is 10.1. The van der Waals surface area contributed by atoms with Crippen LogP contribution >= 0.6 is 22.6 Å². The highest BCUT2D eigenvalue weighted by atomic mass is 127. The number of carbonyl (C=O) groups is 1. The summed E-state index contributed by atoms with van der Waals surface area (Å²) in [5.74, 6) is -2.54. The molecule has 0 spiro atoms. The number of hydrogen-bond acceptors (Lipinski definition) is 4. The Bertz CT molecular complexity index is 543. The third-order valence-electron chi connectivity index (χ3n) is 2.13. The molecule has 0 amide bonds. The van der Waals surface area contributed by atoms with Crippen molar-refractivity contribution in [3.8, 4) is 5.75 Å². The smallest absolute Gasteiger partial charge is 0.469 e. The van der Waals surface area contributed by atoms with Crippen molar-refractivity contribution in [2.75, 3.05) is 7.11 Å². The average molecular weight is 429 g/mol. The summed E-state index contributed by atoms with van der Waals surface area (Å²) in [6, 6.07) is 0. The second-order valence-corrected chi connectivity index (χ2v) is 4.60. The SMILES string of the molecule is COC(=O)Cc1cnc(I)c(OC(F)(F)F)c1C(F)(F)F. The second-order valence-electron chi connectivity index (χ2n) is 3.58. The Morgan fingerprint density at radius 3 is 2.29 bits per heavy atom. The number of methoxy groups -OCH3 is 1. The standard InChI is InChI=1S/C10H6F6INO3/c1-20-5(19)2-4-3-18-8(17)7(21-10(14,15)16)6(4)9(11,12)13/h3H,2H2,1H3. The lowest BCUT2D eigenvalue weighted by molar-refractivity contribution is -0.276. The molecule has 11 heteroatoms. The minimum absolute atomic E-state index is 0.633. The Morgan fingerprint density at radius 1 is 1.29 bits per heavy atom. The molecule has 4 nitrogen and oxygen atoms in total. The summed E-state index contributed by atoms with van der Waals surface area (Å²) >= 11 is 1.17. The summed E-state index contributed by atoms with van der Waals surface area (Å²) in [7, 11) is 0.933. The molecule has 0 atom stereocenters. The summed E-state index contributed by atoms with van der Waals surface area (Å²) < 4.78 is 82.6. The van der Waals surface area contributed by atoms with Crippen LogP contribution in [0.15, 0.2) is 6.20 Å². The van der Waals surface area contributed by atoms with Gasteiger partial charge in [0, 0.05) is 6.20 Å². The van der Waals surface area contributed by atoms with Crippen LogP contribution in [0.1, 0.15) is 11.1 Å². The van der Waals surface area contributed by atoms with Crippen LogP contribution in [-0.2, 0) is 22.1 Å². The van der Waals surface area contributed by atoms with Crippen LogP contribution in [0.4, 0.5) is 26.3 Å². The second kappa shape index (κ2) is 6.23. The number of ether oxygens (including phenoxy) is 2. The van der Waals surface area contributed by atoms with Gasteiger partial charge in [-0.1, -0.05) is 0 Å². The number of halogens is 7. The van der Waals surface area contributed by atoms with E-state index in [0.29, 0.717) is 6.20 Å². The van der Waals surface area contributed by atoms with E-state index in [1.54, 1.807) is 0 Å². The van der Waals surface area contributed by atoms with Crippen LogP contribution < -0.4 is 4.74 Å². The van der Waals surface area contributed by atoms with E-state index in [2.05, 4.69) is 14.5 Å². The zero-order valence-electron chi connectivity index (χ0n) is 10.1. The first-order chi connectivity index (χ1) is 9.45. The van der Waals surface area contributed by atoms with Gasteiger partial charge in [-0.25, -0.2) is 4.98 Å². The van der Waals surface area contributed by atoms with Crippen LogP contribution in [0.25, 0.3) is 0 Å². The zero-order chi connectivity index (χ0) is 16.4. The van der Waals surface area contributed by atoms with E-state index in [-0.39, 0.29) is 0 Å². The summed E-state index contributed by atoms with van der Waals surface area (Å²) in [4.78, 5) is 14.4. The van der Waals surface area contributed by atoms with Gasteiger partial charge in [0.25, 0.3) is 0 Å². The molecule has 0 aliphatic carbocycles. The molecule has 0 radical (unpaired) electrons. The first kappa shape index (κ1) is 17.8. The lowest BCUT2D eigenvalue weighted by Gasteiger charge is -2.19. The number of nitrogens with zero attached hydrogens (tertiary/aromatic N) is 1. The minimum atomic E-state index is -5.33. The van der Waals surface area contributed by atoms with Crippen LogP contribution in [0, 0.1) is 3.70 Å². The van der Waals surface area contributed by atoms with E-state index in [1.807, 2.05) is 0 Å². The molecule has 0 aromatic carbocycles. The van der Waals surface area contributed by atoms with Gasteiger partial charge >= 0.3 is 18.5 Å². The molecule has 118 valence electrons. The fraction of sp³-hybridized carbons (Fsp3) is 0.400. The van der Waals surface area contributed by atoms with E-state index < -0.39 is 45.5 Å². The van der Waals surface area contributed by atoms with Gasteiger partial charge < -0.3 is 9.47 Å². The van der Waals surface area contributed by atoms with Gasteiger partial charge in [0.2, 0.25) is 0 Å². The first-order valence-electron chi connectivity index (χ1n) is 5.03. The Labute approximate surface area is 127 Å². The summed E-state index contributed by atoms with van der Waals surface area (Å²) in [5, 5.41) is 0. The van der Waals surface area contributed by atoms with E-state index in [0.717, 1.165) is 7.11 Å². The predicted molar refractivity (Wildman–Crippen MR) is 64.4 cm³/mol. The summed E-state index contributed by atoms with van der Waals surface area (Å²) in [6.07, 6.45) is -10.7. The van der Waals surface area contributed by atoms with Crippen molar-refractivity contribution in [1.82, 2.24) is 4.98 Å². The average Bonchev–Trinajstić information content (AvgIpc) is 2.29. The van der Waals surface area contributed by atoms with Gasteiger partial charge in [-0.05, 0) is 28.2 Å². The van der Waals surface area contributed by atoms with Crippen LogP contribution in [-0.4, -0.2) is 24.4 Å². The Kier molecular flexibility index (Phi) is 5.28. The molecular formula is C10H6F6INO3. The number of esters is 1. The zero-order valence-corrected chi connectivity index (χ0v) is 12.3. The fourth-order valence-electron chi connectivity index (χ4n) is 1.39. The highest BCUT2D eigenvalue weighted by Crippen LogP contribution is 2.42. The largest absolute Gasteiger partial charge is 0.573 e. The number of alkyl halides is 6. The monoisotopic (exact) mass is 429 g/mol. The molecule has 0 saturated heterocycles. The fourth-order valence-corrected chi connectivity index (χ4v) is 1.91. The Hall–Kier alpha value is -1.27. The maximum atomic E-state index is 13.0. The molecule has 0 fully saturated rings. The van der Waals surface area contributed by atoms with Gasteiger partial charge in [-0.15, -0.1) is 13.2 Å². The lowest BCUT2D eigenvalue weighted by Crippen LogP contribution is -2.23. The quantitative estimate of drug-likeness (QED) is 0.320. The number of rotatable bonds is 3. The number of hydrogen-bond donors (Lipinski definition) is 0. The molecule has 1 aromatic rings. The molecule has 0 aliphatic rings. The van der Waals surface area contributed by atoms with Gasteiger partial charge in [0.1, 0.15) is 9.26 Å². The summed E-state index contributed by atoms with van der Waals surface area (Å²) in [6.45, 7) is 0. The number of carbonyl (C=O) groups excluding carboxylic acids is 1. The highest BCUT2D eigenvalue weighted by Gasteiger charge is 2.43. The van der Waals surface area contributed by atoms with Crippen molar-refractivity contribution >= 4 is 28.6 Å². The van der Waals surface area contributed by atoms with Crippen molar-refractivity contribution in [3.63, 3.8) is 0 Å². The van der Waals surface area contributed by atoms with Crippen molar-refractivity contribution in [2.24, 2.45) is 0 Å². The molecule has 21 heavy (non-hydrogen) atoms. The van der Waals surface area contributed by atoms with Gasteiger partial charge in [0.15, 0.2) is 5.75 Å². The van der Waals surface area contributed by atoms with Crippen LogP contribution in [0.3, 0.4) is 0 Å². The molecule has 0 aliphatic heterocycles. The van der Waals surface area contributed by atoms with E-state index in [9.17, 15) is 31.1 Å². The summed E-state index contributed by atoms with van der Waals surface area (Å²) in [5.41, 5.74) is -2.47. The van der Waals surface area contributed by atoms with Crippen molar-refractivity contribution in [3.05, 3.63) is 21.0 Å². The topological polar surface area (TPSA) is 48.4 Å². The van der Waals surface area contributed by atoms with E-state index in [4.69, 9.17) is 0 Å². The first-order valence-corrected chi connectivity index (χ1v) is 6.10. The molecule has 1 rings (SSSR count). The normalized spacial score (nSPS) is 12.2. The van der Waals surface area contributed by atoms with E-state index >= 15 is 0 Å². The third kappa shape index (κ3) is 4.89. The van der Waals surface area contributed by atoms with Gasteiger partial charge in [-0.3, -0.25) is 4.79 Å². The molecule has 0 unspecified atom stereocenters. The number of pyridine rings is 1. The van der Waals surface area contributed by atoms with Crippen LogP contribution in [0.5, 0.6) is 5.75 Å².